The Balaban J connectivity index is 1.93. The van der Waals surface area contributed by atoms with Crippen molar-refractivity contribution in [3.63, 3.8) is 0 Å². The molecule has 0 spiro atoms. The van der Waals surface area contributed by atoms with Crippen LogP contribution in [-0.2, 0) is 9.59 Å². The second-order valence-corrected chi connectivity index (χ2v) is 8.43. The fourth-order valence-electron chi connectivity index (χ4n) is 3.76. The molecule has 1 N–H and O–H groups in total. The smallest absolute Gasteiger partial charge is 0.300 e. The van der Waals surface area contributed by atoms with Crippen LogP contribution in [0.25, 0.3) is 5.76 Å². The third kappa shape index (κ3) is 3.85. The van der Waals surface area contributed by atoms with Crippen LogP contribution in [0.3, 0.4) is 0 Å². The standard InChI is InChI=1S/C25H20Cl2N2O3/c1-28(2)17-11-8-15(9-12-17)22-21(23(30)16-10-13-19(26)20(27)14-16)24(31)25(32)29(22)18-6-4-3-5-7-18/h3-14,22,30H,1-2H3/b23-21-. The third-order valence-corrected chi connectivity index (χ3v) is 6.14. The molecule has 32 heavy (non-hydrogen) atoms. The lowest BCUT2D eigenvalue weighted by molar-refractivity contribution is -0.132. The summed E-state index contributed by atoms with van der Waals surface area (Å²) in [6.45, 7) is 0. The van der Waals surface area contributed by atoms with Gasteiger partial charge in [-0.3, -0.25) is 14.5 Å². The summed E-state index contributed by atoms with van der Waals surface area (Å²) in [7, 11) is 3.85. The van der Waals surface area contributed by atoms with E-state index in [1.165, 1.54) is 17.0 Å². The normalized spacial score (nSPS) is 17.6. The number of carbonyl (C=O) groups excluding carboxylic acids is 2. The number of aliphatic hydroxyl groups excluding tert-OH is 1. The predicted octanol–water partition coefficient (Wildman–Crippen LogP) is 5.69. The summed E-state index contributed by atoms with van der Waals surface area (Å²) in [4.78, 5) is 29.6. The lowest BCUT2D eigenvalue weighted by Gasteiger charge is -2.26. The van der Waals surface area contributed by atoms with Crippen LogP contribution in [0.2, 0.25) is 10.0 Å². The van der Waals surface area contributed by atoms with Crippen LogP contribution in [0.15, 0.2) is 78.4 Å². The summed E-state index contributed by atoms with van der Waals surface area (Å²) >= 11 is 12.1. The van der Waals surface area contributed by atoms with E-state index in [-0.39, 0.29) is 16.4 Å². The molecule has 1 heterocycles. The van der Waals surface area contributed by atoms with E-state index < -0.39 is 17.7 Å². The second kappa shape index (κ2) is 8.69. The van der Waals surface area contributed by atoms with Gasteiger partial charge in [-0.1, -0.05) is 53.5 Å². The van der Waals surface area contributed by atoms with Gasteiger partial charge in [0, 0.05) is 31.0 Å². The summed E-state index contributed by atoms with van der Waals surface area (Å²) < 4.78 is 0. The highest BCUT2D eigenvalue weighted by Crippen LogP contribution is 2.42. The summed E-state index contributed by atoms with van der Waals surface area (Å²) in [5.74, 6) is -1.78. The summed E-state index contributed by atoms with van der Waals surface area (Å²) in [6, 6.07) is 20.2. The third-order valence-electron chi connectivity index (χ3n) is 5.40. The Bertz CT molecular complexity index is 1220. The van der Waals surface area contributed by atoms with Crippen molar-refractivity contribution in [3.8, 4) is 0 Å². The molecule has 1 aliphatic rings. The van der Waals surface area contributed by atoms with Gasteiger partial charge >= 0.3 is 0 Å². The van der Waals surface area contributed by atoms with Crippen molar-refractivity contribution in [1.29, 1.82) is 0 Å². The maximum Gasteiger partial charge on any atom is 0.300 e. The number of nitrogens with zero attached hydrogens (tertiary/aromatic N) is 2. The number of halogens is 2. The minimum absolute atomic E-state index is 0.00477. The van der Waals surface area contributed by atoms with Gasteiger partial charge < -0.3 is 10.0 Å². The number of hydrogen-bond donors (Lipinski definition) is 1. The van der Waals surface area contributed by atoms with Gasteiger partial charge in [0.25, 0.3) is 11.7 Å². The summed E-state index contributed by atoms with van der Waals surface area (Å²) in [5.41, 5.74) is 2.52. The number of carbonyl (C=O) groups is 2. The van der Waals surface area contributed by atoms with E-state index in [0.29, 0.717) is 21.8 Å². The lowest BCUT2D eigenvalue weighted by atomic mass is 9.95. The molecule has 3 aromatic rings. The van der Waals surface area contributed by atoms with Crippen molar-refractivity contribution >= 4 is 52.0 Å². The molecule has 3 aromatic carbocycles. The van der Waals surface area contributed by atoms with Crippen molar-refractivity contribution in [2.45, 2.75) is 6.04 Å². The highest BCUT2D eigenvalue weighted by molar-refractivity contribution is 6.51. The molecule has 0 bridgehead atoms. The first-order valence-electron chi connectivity index (χ1n) is 9.88. The number of aliphatic hydroxyl groups is 1. The maximum absolute atomic E-state index is 13.1. The van der Waals surface area contributed by atoms with Crippen LogP contribution in [0.1, 0.15) is 17.2 Å². The Hall–Kier alpha value is -3.28. The number of Topliss-reactive ketones (excluding diaryl/α,β-unsaturated/α-hetero) is 1. The molecular formula is C25H20Cl2N2O3. The number of rotatable bonds is 4. The Kier molecular flexibility index (Phi) is 5.96. The van der Waals surface area contributed by atoms with Crippen molar-refractivity contribution in [1.82, 2.24) is 0 Å². The average Bonchev–Trinajstić information content (AvgIpc) is 3.06. The molecule has 1 amide bonds. The van der Waals surface area contributed by atoms with Gasteiger partial charge in [-0.15, -0.1) is 0 Å². The van der Waals surface area contributed by atoms with Gasteiger partial charge in [0.1, 0.15) is 5.76 Å². The number of ketones is 1. The molecule has 1 atom stereocenters. The van der Waals surface area contributed by atoms with Gasteiger partial charge in [-0.25, -0.2) is 0 Å². The zero-order chi connectivity index (χ0) is 23.0. The Morgan fingerprint density at radius 3 is 2.16 bits per heavy atom. The number of hydrogen-bond acceptors (Lipinski definition) is 4. The molecule has 7 heteroatoms. The Morgan fingerprint density at radius 1 is 0.906 bits per heavy atom. The van der Waals surface area contributed by atoms with E-state index >= 15 is 0 Å². The minimum Gasteiger partial charge on any atom is -0.507 e. The van der Waals surface area contributed by atoms with Gasteiger partial charge in [0.05, 0.1) is 21.7 Å². The first-order valence-corrected chi connectivity index (χ1v) is 10.6. The zero-order valence-corrected chi connectivity index (χ0v) is 18.9. The largest absolute Gasteiger partial charge is 0.507 e. The quantitative estimate of drug-likeness (QED) is 0.305. The van der Waals surface area contributed by atoms with Crippen LogP contribution in [-0.4, -0.2) is 30.9 Å². The van der Waals surface area contributed by atoms with Crippen LogP contribution < -0.4 is 9.80 Å². The number of amides is 1. The number of anilines is 2. The van der Waals surface area contributed by atoms with E-state index in [1.54, 1.807) is 30.3 Å². The average molecular weight is 467 g/mol. The second-order valence-electron chi connectivity index (χ2n) is 7.62. The monoisotopic (exact) mass is 466 g/mol. The van der Waals surface area contributed by atoms with Crippen LogP contribution in [0.5, 0.6) is 0 Å². The van der Waals surface area contributed by atoms with Gasteiger partial charge in [-0.2, -0.15) is 0 Å². The molecule has 1 unspecified atom stereocenters. The number of benzene rings is 3. The maximum atomic E-state index is 13.1. The molecule has 0 aliphatic carbocycles. The molecule has 162 valence electrons. The molecule has 0 radical (unpaired) electrons. The Labute approximate surface area is 196 Å². The number of para-hydroxylation sites is 1. The summed E-state index contributed by atoms with van der Waals surface area (Å²) in [6.07, 6.45) is 0. The van der Waals surface area contributed by atoms with E-state index in [0.717, 1.165) is 5.69 Å². The fraction of sp³-hybridized carbons (Fsp3) is 0.120. The van der Waals surface area contributed by atoms with Gasteiger partial charge in [-0.05, 0) is 48.0 Å². The van der Waals surface area contributed by atoms with Crippen LogP contribution in [0, 0.1) is 0 Å². The van der Waals surface area contributed by atoms with E-state index in [2.05, 4.69) is 0 Å². The SMILES string of the molecule is CN(C)c1ccc(C2/C(=C(/O)c3ccc(Cl)c(Cl)c3)C(=O)C(=O)N2c2ccccc2)cc1. The zero-order valence-electron chi connectivity index (χ0n) is 17.4. The minimum atomic E-state index is -0.803. The molecule has 0 saturated carbocycles. The van der Waals surface area contributed by atoms with Crippen LogP contribution >= 0.6 is 23.2 Å². The van der Waals surface area contributed by atoms with Crippen LogP contribution in [0.4, 0.5) is 11.4 Å². The molecule has 1 saturated heterocycles. The van der Waals surface area contributed by atoms with Crippen molar-refractivity contribution < 1.29 is 14.7 Å². The van der Waals surface area contributed by atoms with E-state index in [4.69, 9.17) is 23.2 Å². The van der Waals surface area contributed by atoms with Crippen molar-refractivity contribution in [2.75, 3.05) is 23.9 Å². The first kappa shape index (κ1) is 21.9. The molecule has 0 aromatic heterocycles. The molecule has 5 nitrogen and oxygen atoms in total. The van der Waals surface area contributed by atoms with Gasteiger partial charge in [0.15, 0.2) is 0 Å². The van der Waals surface area contributed by atoms with E-state index in [9.17, 15) is 14.7 Å². The summed E-state index contributed by atoms with van der Waals surface area (Å²) in [5, 5.41) is 11.7. The molecule has 1 aliphatic heterocycles. The fourth-order valence-corrected chi connectivity index (χ4v) is 4.05. The van der Waals surface area contributed by atoms with E-state index in [1.807, 2.05) is 49.3 Å². The van der Waals surface area contributed by atoms with Gasteiger partial charge in [0.2, 0.25) is 0 Å². The molecule has 1 fully saturated rings. The van der Waals surface area contributed by atoms with Crippen molar-refractivity contribution in [3.05, 3.63) is 99.5 Å². The lowest BCUT2D eigenvalue weighted by Crippen LogP contribution is -2.29. The molecule has 4 rings (SSSR count). The highest BCUT2D eigenvalue weighted by atomic mass is 35.5. The predicted molar refractivity (Wildman–Crippen MR) is 128 cm³/mol. The molecular weight excluding hydrogens is 447 g/mol. The Morgan fingerprint density at radius 2 is 1.56 bits per heavy atom. The topological polar surface area (TPSA) is 60.9 Å². The van der Waals surface area contributed by atoms with Crippen molar-refractivity contribution in [2.24, 2.45) is 0 Å². The first-order chi connectivity index (χ1) is 15.3. The highest BCUT2D eigenvalue weighted by Gasteiger charge is 2.46.